The van der Waals surface area contributed by atoms with Gasteiger partial charge in [0.15, 0.2) is 5.78 Å². The average molecular weight is 841 g/mol. The fraction of sp³-hybridized carbons (Fsp3) is 0.0811. The molecule has 2 aliphatic carbocycles. The number of ketones is 2. The molecule has 58 heavy (non-hydrogen) atoms. The minimum Gasteiger partial charge on any atom is -0.744 e. The number of carbonyl (C=O) groups excluding carboxylic acids is 2. The third-order valence-corrected chi connectivity index (χ3v) is 10.2. The number of nitrogens with zero attached hydrogens (tertiary/aromatic N) is 4. The number of azo groups is 1. The summed E-state index contributed by atoms with van der Waals surface area (Å²) in [6.07, 6.45) is 4.87. The number of hydrazone groups is 2. The number of fused-ring (bicyclic) bond motifs is 1. The Hall–Kier alpha value is -4.80. The second-order valence-electron chi connectivity index (χ2n) is 12.3. The summed E-state index contributed by atoms with van der Waals surface area (Å²) in [7, 11) is -9.26. The summed E-state index contributed by atoms with van der Waals surface area (Å²) < 4.78 is 79.1. The molecule has 6 N–H and O–H groups in total. The minimum atomic E-state index is -5.36. The topological polar surface area (TPSA) is 283 Å². The van der Waals surface area contributed by atoms with E-state index in [-0.39, 0.29) is 76.3 Å². The second kappa shape index (κ2) is 18.4. The standard InChI is InChI=1S/C37H32N8O9S2.2Na/c1-19-14-21(4-11-28(19)41-43-30-13-8-25(46)18-27(30)38)22-5-12-29(20(2)15-22)42-44-35-31(55(48,49)50)16-23-17-32(56(51,52)53)36(37(47)33(23)34(35)39)45-40-24-6-9-26(54-3)10-7-24;;/h4-18,40-41H,38-39H2,1-3H3,(H,48,49,50)(H,51,52,53);;/q;2*+1/p-2/b43-30+,44-42?,45-36+;;. The minimum absolute atomic E-state index is 0. The Morgan fingerprint density at radius 3 is 1.98 bits per heavy atom. The van der Waals surface area contributed by atoms with E-state index in [4.69, 9.17) is 16.2 Å². The number of hydrogen-bond donors (Lipinski definition) is 4. The number of rotatable bonds is 10. The van der Waals surface area contributed by atoms with Crippen molar-refractivity contribution in [2.45, 2.75) is 18.7 Å². The van der Waals surface area contributed by atoms with E-state index in [0.717, 1.165) is 16.7 Å². The number of aryl methyl sites for hydroxylation is 2. The molecule has 4 aromatic rings. The van der Waals surface area contributed by atoms with Crippen molar-refractivity contribution in [2.75, 3.05) is 23.7 Å². The van der Waals surface area contributed by atoms with Gasteiger partial charge in [0.25, 0.3) is 0 Å². The molecule has 0 heterocycles. The van der Waals surface area contributed by atoms with Crippen LogP contribution in [-0.2, 0) is 25.0 Å². The number of hydrogen-bond acceptors (Lipinski definition) is 17. The van der Waals surface area contributed by atoms with E-state index in [9.17, 15) is 35.5 Å². The monoisotopic (exact) mass is 840 g/mol. The number of Topliss-reactive ketones (excluding diaryl/α,β-unsaturated/α-hetero) is 1. The summed E-state index contributed by atoms with van der Waals surface area (Å²) in [4.78, 5) is 23.2. The molecule has 0 saturated heterocycles. The van der Waals surface area contributed by atoms with Gasteiger partial charge >= 0.3 is 59.1 Å². The number of nitrogen functional groups attached to an aromatic ring is 1. The largest absolute Gasteiger partial charge is 1.00 e. The molecule has 6 rings (SSSR count). The average Bonchev–Trinajstić information content (AvgIpc) is 3.13. The van der Waals surface area contributed by atoms with Crippen molar-refractivity contribution in [1.29, 1.82) is 0 Å². The van der Waals surface area contributed by atoms with Crippen molar-refractivity contribution in [2.24, 2.45) is 26.2 Å². The summed E-state index contributed by atoms with van der Waals surface area (Å²) >= 11 is 0. The molecular formula is C37H30N8Na2O9S2. The van der Waals surface area contributed by atoms with Gasteiger partial charge < -0.3 is 25.3 Å². The number of anilines is 3. The molecule has 4 aromatic carbocycles. The molecule has 17 nitrogen and oxygen atoms in total. The fourth-order valence-corrected chi connectivity index (χ4v) is 6.95. The predicted molar refractivity (Wildman–Crippen MR) is 208 cm³/mol. The molecule has 0 saturated carbocycles. The van der Waals surface area contributed by atoms with Gasteiger partial charge in [0.2, 0.25) is 5.78 Å². The number of allylic oxidation sites excluding steroid dienone is 4. The Labute approximate surface area is 377 Å². The van der Waals surface area contributed by atoms with Crippen LogP contribution in [0.2, 0.25) is 0 Å². The first kappa shape index (κ1) is 45.9. The molecule has 2 aliphatic rings. The first-order valence-corrected chi connectivity index (χ1v) is 19.1. The summed E-state index contributed by atoms with van der Waals surface area (Å²) in [5.74, 6) is -0.883. The van der Waals surface area contributed by atoms with Gasteiger partial charge in [-0.05, 0) is 114 Å². The molecule has 0 atom stereocenters. The summed E-state index contributed by atoms with van der Waals surface area (Å²) in [6.45, 7) is 3.59. The van der Waals surface area contributed by atoms with Gasteiger partial charge in [0, 0.05) is 6.08 Å². The van der Waals surface area contributed by atoms with Crippen LogP contribution in [-0.4, -0.2) is 56.0 Å². The Morgan fingerprint density at radius 2 is 1.40 bits per heavy atom. The molecule has 0 bridgehead atoms. The van der Waals surface area contributed by atoms with Crippen molar-refractivity contribution in [3.05, 3.63) is 118 Å². The maximum Gasteiger partial charge on any atom is 1.00 e. The predicted octanol–water partition coefficient (Wildman–Crippen LogP) is -0.811. The normalized spacial score (nSPS) is 15.3. The smallest absolute Gasteiger partial charge is 0.744 e. The number of carbonyl (C=O) groups is 2. The molecule has 286 valence electrons. The molecule has 0 unspecified atom stereocenters. The summed E-state index contributed by atoms with van der Waals surface area (Å²) in [6, 6.07) is 17.6. The van der Waals surface area contributed by atoms with E-state index in [0.29, 0.717) is 40.5 Å². The molecule has 0 aliphatic heterocycles. The summed E-state index contributed by atoms with van der Waals surface area (Å²) in [5, 5.41) is 16.3. The number of nitrogens with one attached hydrogen (secondary N) is 2. The first-order valence-electron chi connectivity index (χ1n) is 16.2. The van der Waals surface area contributed by atoms with E-state index in [1.807, 2.05) is 25.1 Å². The van der Waals surface area contributed by atoms with Gasteiger partial charge in [-0.25, -0.2) is 16.8 Å². The molecule has 0 aromatic heterocycles. The molecular weight excluding hydrogens is 811 g/mol. The number of benzene rings is 4. The van der Waals surface area contributed by atoms with Crippen molar-refractivity contribution in [1.82, 2.24) is 0 Å². The third kappa shape index (κ3) is 10.1. The van der Waals surface area contributed by atoms with Crippen LogP contribution in [0.15, 0.2) is 121 Å². The molecule has 21 heteroatoms. The maximum atomic E-state index is 13.8. The quantitative estimate of drug-likeness (QED) is 0.0380. The van der Waals surface area contributed by atoms with Gasteiger partial charge in [-0.15, -0.1) is 5.11 Å². The third-order valence-electron chi connectivity index (χ3n) is 8.53. The fourth-order valence-electron chi connectivity index (χ4n) is 5.65. The van der Waals surface area contributed by atoms with Crippen LogP contribution >= 0.6 is 0 Å². The van der Waals surface area contributed by atoms with Crippen LogP contribution < -0.4 is 86.2 Å². The molecule has 0 fully saturated rings. The zero-order valence-corrected chi connectivity index (χ0v) is 37.2. The van der Waals surface area contributed by atoms with Crippen LogP contribution in [0.25, 0.3) is 17.2 Å². The van der Waals surface area contributed by atoms with Crippen LogP contribution in [0.1, 0.15) is 27.0 Å². The van der Waals surface area contributed by atoms with E-state index < -0.39 is 64.0 Å². The molecule has 0 spiro atoms. The van der Waals surface area contributed by atoms with E-state index in [1.54, 1.807) is 37.3 Å². The van der Waals surface area contributed by atoms with Gasteiger partial charge in [0.05, 0.1) is 50.9 Å². The van der Waals surface area contributed by atoms with Gasteiger partial charge in [-0.2, -0.15) is 15.3 Å². The van der Waals surface area contributed by atoms with E-state index in [1.165, 1.54) is 37.5 Å². The van der Waals surface area contributed by atoms with Crippen LogP contribution in [0.4, 0.5) is 28.4 Å². The Bertz CT molecular complexity index is 2770. The number of methoxy groups -OCH3 is 1. The van der Waals surface area contributed by atoms with Crippen LogP contribution in [0.3, 0.4) is 0 Å². The SMILES string of the molecule is COc1ccc(N/N=C2/C(=O)c3c(cc(S(=O)(=O)[O-])c(N=Nc4ccc(-c5ccc(N/N=C6\C=CC(=O)C=C6N)c(C)c5)cc4C)c3N)C=C2S(=O)(=O)[O-])cc1.[Na+].[Na+]. The van der Waals surface area contributed by atoms with E-state index >= 15 is 0 Å². The van der Waals surface area contributed by atoms with Gasteiger partial charge in [0.1, 0.15) is 43.1 Å². The van der Waals surface area contributed by atoms with E-state index in [2.05, 4.69) is 31.3 Å². The first-order chi connectivity index (χ1) is 26.4. The Balaban J connectivity index is 0.00000372. The number of nitrogens with two attached hydrogens (primary N) is 2. The molecule has 0 radical (unpaired) electrons. The Kier molecular flexibility index (Phi) is 14.6. The van der Waals surface area contributed by atoms with Crippen molar-refractivity contribution in [3.63, 3.8) is 0 Å². The van der Waals surface area contributed by atoms with Gasteiger partial charge in [-0.1, -0.05) is 12.1 Å². The molecule has 0 amide bonds. The Morgan fingerprint density at radius 1 is 0.741 bits per heavy atom. The zero-order valence-electron chi connectivity index (χ0n) is 31.6. The van der Waals surface area contributed by atoms with Crippen LogP contribution in [0.5, 0.6) is 5.75 Å². The maximum absolute atomic E-state index is 13.8. The summed E-state index contributed by atoms with van der Waals surface area (Å²) in [5.41, 5.74) is 19.6. The second-order valence-corrected chi connectivity index (χ2v) is 15.0. The van der Waals surface area contributed by atoms with Crippen molar-refractivity contribution in [3.8, 4) is 16.9 Å². The van der Waals surface area contributed by atoms with Crippen LogP contribution in [0, 0.1) is 13.8 Å². The van der Waals surface area contributed by atoms with Crippen molar-refractivity contribution < 1.29 is 99.4 Å². The van der Waals surface area contributed by atoms with Gasteiger partial charge in [-0.3, -0.25) is 20.4 Å². The number of ether oxygens (including phenoxy) is 1. The zero-order chi connectivity index (χ0) is 40.5. The van der Waals surface area contributed by atoms with Crippen molar-refractivity contribution >= 4 is 77.7 Å².